The third kappa shape index (κ3) is 4.66. The van der Waals surface area contributed by atoms with Gasteiger partial charge >= 0.3 is 6.03 Å². The van der Waals surface area contributed by atoms with Crippen LogP contribution in [-0.4, -0.2) is 23.7 Å². The molecule has 1 heterocycles. The fourth-order valence-electron chi connectivity index (χ4n) is 1.53. The second kappa shape index (κ2) is 7.38. The second-order valence-electron chi connectivity index (χ2n) is 4.60. The van der Waals surface area contributed by atoms with Crippen LogP contribution in [0.1, 0.15) is 38.9 Å². The summed E-state index contributed by atoms with van der Waals surface area (Å²) in [4.78, 5) is 11.6. The van der Waals surface area contributed by atoms with Gasteiger partial charge < -0.3 is 15.7 Å². The van der Waals surface area contributed by atoms with Crippen molar-refractivity contribution in [1.29, 1.82) is 0 Å². The quantitative estimate of drug-likeness (QED) is 0.744. The number of urea groups is 1. The van der Waals surface area contributed by atoms with Crippen LogP contribution in [0.4, 0.5) is 4.79 Å². The van der Waals surface area contributed by atoms with Crippen molar-refractivity contribution in [2.24, 2.45) is 5.92 Å². The van der Waals surface area contributed by atoms with Crippen LogP contribution in [0, 0.1) is 5.92 Å². The summed E-state index contributed by atoms with van der Waals surface area (Å²) >= 11 is 1.53. The summed E-state index contributed by atoms with van der Waals surface area (Å²) in [6.07, 6.45) is 0.389. The predicted molar refractivity (Wildman–Crippen MR) is 74.7 cm³/mol. The molecule has 3 unspecified atom stereocenters. The van der Waals surface area contributed by atoms with Gasteiger partial charge in [-0.2, -0.15) is 11.3 Å². The molecule has 0 aliphatic rings. The molecule has 1 rings (SSSR count). The maximum absolute atomic E-state index is 11.6. The monoisotopic (exact) mass is 270 g/mol. The van der Waals surface area contributed by atoms with Gasteiger partial charge in [-0.3, -0.25) is 0 Å². The number of carbonyl (C=O) groups is 1. The van der Waals surface area contributed by atoms with E-state index < -0.39 is 6.10 Å². The molecule has 0 bridgehead atoms. The number of hydrogen-bond acceptors (Lipinski definition) is 3. The highest BCUT2D eigenvalue weighted by Crippen LogP contribution is 2.15. The number of aliphatic hydroxyl groups is 1. The first kappa shape index (κ1) is 15.0. The fraction of sp³-hybridized carbons (Fsp3) is 0.615. The summed E-state index contributed by atoms with van der Waals surface area (Å²) in [7, 11) is 0. The second-order valence-corrected chi connectivity index (χ2v) is 5.38. The fourth-order valence-corrected chi connectivity index (χ4v) is 2.23. The van der Waals surface area contributed by atoms with Crippen molar-refractivity contribution in [3.63, 3.8) is 0 Å². The number of carbonyl (C=O) groups excluding carboxylic acids is 1. The minimum absolute atomic E-state index is 0.133. The van der Waals surface area contributed by atoms with E-state index in [0.29, 0.717) is 5.92 Å². The topological polar surface area (TPSA) is 61.4 Å². The van der Waals surface area contributed by atoms with Gasteiger partial charge in [0.1, 0.15) is 0 Å². The molecule has 0 spiro atoms. The van der Waals surface area contributed by atoms with Crippen LogP contribution in [0.2, 0.25) is 0 Å². The maximum Gasteiger partial charge on any atom is 0.315 e. The first-order valence-corrected chi connectivity index (χ1v) is 7.23. The normalized spacial score (nSPS) is 15.8. The third-order valence-corrected chi connectivity index (χ3v) is 3.94. The van der Waals surface area contributed by atoms with Crippen molar-refractivity contribution < 1.29 is 9.90 Å². The van der Waals surface area contributed by atoms with Crippen LogP contribution >= 0.6 is 11.3 Å². The maximum atomic E-state index is 11.6. The molecule has 0 saturated heterocycles. The molecule has 1 aromatic rings. The lowest BCUT2D eigenvalue weighted by Gasteiger charge is -2.20. The molecule has 1 aromatic heterocycles. The molecule has 5 heteroatoms. The molecule has 102 valence electrons. The zero-order chi connectivity index (χ0) is 13.5. The Labute approximate surface area is 112 Å². The molecule has 2 amide bonds. The molecule has 3 N–H and O–H groups in total. The summed E-state index contributed by atoms with van der Waals surface area (Å²) in [5, 5.41) is 19.2. The average Bonchev–Trinajstić information content (AvgIpc) is 2.88. The first-order chi connectivity index (χ1) is 8.54. The van der Waals surface area contributed by atoms with Crippen LogP contribution in [0.25, 0.3) is 0 Å². The highest BCUT2D eigenvalue weighted by molar-refractivity contribution is 7.07. The van der Waals surface area contributed by atoms with Gasteiger partial charge in [0.05, 0.1) is 6.10 Å². The van der Waals surface area contributed by atoms with Crippen LogP contribution in [0.15, 0.2) is 16.8 Å². The SMILES string of the molecule is CCC(C)C(C)NC(=O)NCC(O)c1ccsc1. The van der Waals surface area contributed by atoms with Gasteiger partial charge in [-0.05, 0) is 35.2 Å². The lowest BCUT2D eigenvalue weighted by molar-refractivity contribution is 0.172. The molecule has 0 fully saturated rings. The summed E-state index contributed by atoms with van der Waals surface area (Å²) < 4.78 is 0. The first-order valence-electron chi connectivity index (χ1n) is 6.29. The number of thiophene rings is 1. The van der Waals surface area contributed by atoms with Gasteiger partial charge in [-0.25, -0.2) is 4.79 Å². The highest BCUT2D eigenvalue weighted by atomic mass is 32.1. The van der Waals surface area contributed by atoms with Gasteiger partial charge in [0.2, 0.25) is 0 Å². The number of amides is 2. The van der Waals surface area contributed by atoms with E-state index in [1.807, 2.05) is 23.8 Å². The lowest BCUT2D eigenvalue weighted by Crippen LogP contribution is -2.44. The van der Waals surface area contributed by atoms with Gasteiger partial charge in [0.25, 0.3) is 0 Å². The van der Waals surface area contributed by atoms with Crippen molar-refractivity contribution >= 4 is 17.4 Å². The van der Waals surface area contributed by atoms with Crippen LogP contribution in [-0.2, 0) is 0 Å². The minimum atomic E-state index is -0.638. The number of hydrogen-bond donors (Lipinski definition) is 3. The van der Waals surface area contributed by atoms with Gasteiger partial charge in [-0.1, -0.05) is 20.3 Å². The predicted octanol–water partition coefficient (Wildman–Crippen LogP) is 2.52. The number of nitrogens with one attached hydrogen (secondary N) is 2. The Morgan fingerprint density at radius 2 is 2.22 bits per heavy atom. The molecular weight excluding hydrogens is 248 g/mol. The van der Waals surface area contributed by atoms with Crippen LogP contribution in [0.3, 0.4) is 0 Å². The summed E-state index contributed by atoms with van der Waals surface area (Å²) in [6.45, 7) is 6.42. The molecule has 18 heavy (non-hydrogen) atoms. The van der Waals surface area contributed by atoms with E-state index >= 15 is 0 Å². The largest absolute Gasteiger partial charge is 0.387 e. The van der Waals surface area contributed by atoms with Crippen molar-refractivity contribution in [2.75, 3.05) is 6.54 Å². The average molecular weight is 270 g/mol. The molecule has 0 aliphatic heterocycles. The molecule has 0 aromatic carbocycles. The Morgan fingerprint density at radius 3 is 2.78 bits per heavy atom. The molecular formula is C13H22N2O2S. The van der Waals surface area contributed by atoms with E-state index in [4.69, 9.17) is 0 Å². The molecule has 3 atom stereocenters. The molecule has 0 radical (unpaired) electrons. The van der Waals surface area contributed by atoms with Gasteiger partial charge in [0.15, 0.2) is 0 Å². The van der Waals surface area contributed by atoms with E-state index in [9.17, 15) is 9.90 Å². The third-order valence-electron chi connectivity index (χ3n) is 3.24. The van der Waals surface area contributed by atoms with Crippen molar-refractivity contribution in [3.05, 3.63) is 22.4 Å². The summed E-state index contributed by atoms with van der Waals surface area (Å²) in [5.74, 6) is 0.442. The smallest absolute Gasteiger partial charge is 0.315 e. The summed E-state index contributed by atoms with van der Waals surface area (Å²) in [6, 6.07) is 1.77. The number of aliphatic hydroxyl groups excluding tert-OH is 1. The van der Waals surface area contributed by atoms with E-state index in [1.54, 1.807) is 0 Å². The Kier molecular flexibility index (Phi) is 6.15. The highest BCUT2D eigenvalue weighted by Gasteiger charge is 2.14. The standard InChI is InChI=1S/C13H22N2O2S/c1-4-9(2)10(3)15-13(17)14-7-12(16)11-5-6-18-8-11/h5-6,8-10,12,16H,4,7H2,1-3H3,(H2,14,15,17). The Balaban J connectivity index is 2.29. The van der Waals surface area contributed by atoms with E-state index in [-0.39, 0.29) is 18.6 Å². The lowest BCUT2D eigenvalue weighted by atomic mass is 10.0. The van der Waals surface area contributed by atoms with Gasteiger partial charge in [-0.15, -0.1) is 0 Å². The van der Waals surface area contributed by atoms with Gasteiger partial charge in [0, 0.05) is 12.6 Å². The Morgan fingerprint density at radius 1 is 1.50 bits per heavy atom. The van der Waals surface area contributed by atoms with Crippen molar-refractivity contribution in [1.82, 2.24) is 10.6 Å². The Bertz CT molecular complexity index is 354. The zero-order valence-corrected chi connectivity index (χ0v) is 12.0. The Hall–Kier alpha value is -1.07. The van der Waals surface area contributed by atoms with E-state index in [2.05, 4.69) is 24.5 Å². The van der Waals surface area contributed by atoms with E-state index in [0.717, 1.165) is 12.0 Å². The zero-order valence-electron chi connectivity index (χ0n) is 11.1. The number of rotatable bonds is 6. The van der Waals surface area contributed by atoms with Crippen LogP contribution in [0.5, 0.6) is 0 Å². The molecule has 0 saturated carbocycles. The van der Waals surface area contributed by atoms with Crippen molar-refractivity contribution in [3.8, 4) is 0 Å². The van der Waals surface area contributed by atoms with Crippen molar-refractivity contribution in [2.45, 2.75) is 39.3 Å². The van der Waals surface area contributed by atoms with Crippen LogP contribution < -0.4 is 10.6 Å². The minimum Gasteiger partial charge on any atom is -0.387 e. The molecule has 4 nitrogen and oxygen atoms in total. The molecule has 0 aliphatic carbocycles. The van der Waals surface area contributed by atoms with E-state index in [1.165, 1.54) is 11.3 Å². The summed E-state index contributed by atoms with van der Waals surface area (Å²) in [5.41, 5.74) is 0.843.